The van der Waals surface area contributed by atoms with Crippen molar-refractivity contribution >= 4 is 12.2 Å². The van der Waals surface area contributed by atoms with Gasteiger partial charge in [0.05, 0.1) is 12.1 Å². The normalized spacial score (nSPS) is 36.7. The van der Waals surface area contributed by atoms with E-state index in [1.165, 1.54) is 0 Å². The molecule has 1 aliphatic carbocycles. The number of isocyanates is 2. The molecule has 0 aromatic carbocycles. The van der Waals surface area contributed by atoms with Gasteiger partial charge in [-0.3, -0.25) is 0 Å². The first-order valence-corrected chi connectivity index (χ1v) is 4.84. The lowest BCUT2D eigenvalue weighted by Gasteiger charge is -2.34. The topological polar surface area (TPSA) is 58.9 Å². The number of hydrogen-bond acceptors (Lipinski definition) is 4. The molecule has 0 aromatic rings. The fourth-order valence-electron chi connectivity index (χ4n) is 2.07. The first-order chi connectivity index (χ1) is 6.70. The number of rotatable bonds is 2. The van der Waals surface area contributed by atoms with Gasteiger partial charge in [-0.05, 0) is 24.7 Å². The highest BCUT2D eigenvalue weighted by atomic mass is 16.1. The molecule has 4 heteroatoms. The van der Waals surface area contributed by atoms with Crippen LogP contribution in [0.2, 0.25) is 0 Å². The van der Waals surface area contributed by atoms with Gasteiger partial charge in [-0.1, -0.05) is 13.8 Å². The smallest absolute Gasteiger partial charge is 0.211 e. The van der Waals surface area contributed by atoms with Crippen molar-refractivity contribution in [3.05, 3.63) is 0 Å². The molecule has 76 valence electrons. The maximum absolute atomic E-state index is 10.2. The second-order valence-electron chi connectivity index (χ2n) is 3.95. The van der Waals surface area contributed by atoms with Crippen molar-refractivity contribution in [2.75, 3.05) is 0 Å². The van der Waals surface area contributed by atoms with E-state index in [2.05, 4.69) is 9.98 Å². The van der Waals surface area contributed by atoms with E-state index in [0.29, 0.717) is 0 Å². The molecule has 0 aromatic heterocycles. The summed E-state index contributed by atoms with van der Waals surface area (Å²) >= 11 is 0. The number of carbonyl (C=O) groups excluding carboxylic acids is 2. The summed E-state index contributed by atoms with van der Waals surface area (Å²) in [5, 5.41) is 0. The van der Waals surface area contributed by atoms with Gasteiger partial charge in [-0.15, -0.1) is 0 Å². The molecular formula is C10H14N2O2. The van der Waals surface area contributed by atoms with Crippen LogP contribution in [0.1, 0.15) is 26.7 Å². The summed E-state index contributed by atoms with van der Waals surface area (Å²) in [5.74, 6) is 0.574. The molecule has 14 heavy (non-hydrogen) atoms. The highest BCUT2D eigenvalue weighted by Crippen LogP contribution is 2.32. The molecule has 0 spiro atoms. The monoisotopic (exact) mass is 194 g/mol. The lowest BCUT2D eigenvalue weighted by molar-refractivity contribution is 0.229. The van der Waals surface area contributed by atoms with Gasteiger partial charge >= 0.3 is 0 Å². The number of aliphatic imine (C=N–C) groups is 2. The Morgan fingerprint density at radius 3 is 1.57 bits per heavy atom. The quantitative estimate of drug-likeness (QED) is 0.493. The molecule has 1 rings (SSSR count). The summed E-state index contributed by atoms with van der Waals surface area (Å²) in [7, 11) is 0. The fourth-order valence-corrected chi connectivity index (χ4v) is 2.07. The standard InChI is InChI=1S/C10H14N2O2/c1-7-3-4-8(2)10(12-6-14)9(7)11-5-13/h7-10H,3-4H2,1-2H3. The van der Waals surface area contributed by atoms with Gasteiger partial charge in [0, 0.05) is 0 Å². The van der Waals surface area contributed by atoms with Crippen LogP contribution in [0.3, 0.4) is 0 Å². The van der Waals surface area contributed by atoms with E-state index in [9.17, 15) is 9.59 Å². The van der Waals surface area contributed by atoms with E-state index in [1.807, 2.05) is 13.8 Å². The highest BCUT2D eigenvalue weighted by molar-refractivity contribution is 5.36. The third-order valence-electron chi connectivity index (χ3n) is 3.00. The summed E-state index contributed by atoms with van der Waals surface area (Å²) in [5.41, 5.74) is 0. The Labute approximate surface area is 83.1 Å². The lowest BCUT2D eigenvalue weighted by Crippen LogP contribution is -2.39. The van der Waals surface area contributed by atoms with Gasteiger partial charge in [-0.25, -0.2) is 9.59 Å². The third-order valence-corrected chi connectivity index (χ3v) is 3.00. The van der Waals surface area contributed by atoms with Crippen molar-refractivity contribution in [3.8, 4) is 0 Å². The summed E-state index contributed by atoms with van der Waals surface area (Å²) in [4.78, 5) is 28.0. The average molecular weight is 194 g/mol. The molecule has 1 fully saturated rings. The Morgan fingerprint density at radius 2 is 1.29 bits per heavy atom. The van der Waals surface area contributed by atoms with Crippen molar-refractivity contribution in [3.63, 3.8) is 0 Å². The number of nitrogens with zero attached hydrogens (tertiary/aromatic N) is 2. The van der Waals surface area contributed by atoms with Crippen LogP contribution >= 0.6 is 0 Å². The first kappa shape index (κ1) is 10.8. The van der Waals surface area contributed by atoms with Crippen LogP contribution in [-0.4, -0.2) is 24.2 Å². The van der Waals surface area contributed by atoms with E-state index >= 15 is 0 Å². The Bertz CT molecular complexity index is 260. The molecule has 0 saturated heterocycles. The van der Waals surface area contributed by atoms with E-state index in [1.54, 1.807) is 12.2 Å². The summed E-state index contributed by atoms with van der Waals surface area (Å²) in [6.07, 6.45) is 5.16. The molecule has 0 radical (unpaired) electrons. The molecule has 0 N–H and O–H groups in total. The second-order valence-corrected chi connectivity index (χ2v) is 3.95. The fraction of sp³-hybridized carbons (Fsp3) is 0.800. The van der Waals surface area contributed by atoms with Gasteiger partial charge in [0.1, 0.15) is 0 Å². The summed E-state index contributed by atoms with van der Waals surface area (Å²) in [6, 6.07) is -0.393. The largest absolute Gasteiger partial charge is 0.235 e. The van der Waals surface area contributed by atoms with Crippen molar-refractivity contribution in [1.29, 1.82) is 0 Å². The molecule has 0 amide bonds. The molecule has 0 heterocycles. The predicted molar refractivity (Wildman–Crippen MR) is 51.4 cm³/mol. The Hall–Kier alpha value is -1.24. The molecule has 1 aliphatic rings. The lowest BCUT2D eigenvalue weighted by atomic mass is 9.76. The van der Waals surface area contributed by atoms with Crippen LogP contribution in [0.4, 0.5) is 0 Å². The zero-order chi connectivity index (χ0) is 10.6. The first-order valence-electron chi connectivity index (χ1n) is 4.84. The van der Waals surface area contributed by atoms with Gasteiger partial charge < -0.3 is 0 Å². The molecule has 1 saturated carbocycles. The minimum Gasteiger partial charge on any atom is -0.211 e. The molecule has 0 aliphatic heterocycles. The zero-order valence-electron chi connectivity index (χ0n) is 8.43. The van der Waals surface area contributed by atoms with Crippen molar-refractivity contribution in [2.45, 2.75) is 38.8 Å². The Kier molecular flexibility index (Phi) is 3.75. The van der Waals surface area contributed by atoms with Crippen LogP contribution in [0.15, 0.2) is 9.98 Å². The molecule has 4 unspecified atom stereocenters. The molecule has 4 nitrogen and oxygen atoms in total. The third kappa shape index (κ3) is 2.16. The molecule has 0 bridgehead atoms. The van der Waals surface area contributed by atoms with Crippen molar-refractivity contribution in [2.24, 2.45) is 21.8 Å². The Morgan fingerprint density at radius 1 is 0.929 bits per heavy atom. The van der Waals surface area contributed by atoms with E-state index in [4.69, 9.17) is 0 Å². The van der Waals surface area contributed by atoms with Gasteiger partial charge in [0.2, 0.25) is 12.2 Å². The van der Waals surface area contributed by atoms with Crippen LogP contribution in [-0.2, 0) is 9.59 Å². The summed E-state index contributed by atoms with van der Waals surface area (Å²) in [6.45, 7) is 4.04. The zero-order valence-corrected chi connectivity index (χ0v) is 8.43. The van der Waals surface area contributed by atoms with Crippen molar-refractivity contribution < 1.29 is 9.59 Å². The molecular weight excluding hydrogens is 180 g/mol. The van der Waals surface area contributed by atoms with E-state index < -0.39 is 0 Å². The van der Waals surface area contributed by atoms with Crippen LogP contribution in [0.5, 0.6) is 0 Å². The predicted octanol–water partition coefficient (Wildman–Crippen LogP) is 1.46. The SMILES string of the molecule is CC1CCC(C)C(N=C=O)C1N=C=O. The van der Waals surface area contributed by atoms with E-state index in [-0.39, 0.29) is 23.9 Å². The van der Waals surface area contributed by atoms with Crippen molar-refractivity contribution in [1.82, 2.24) is 0 Å². The Balaban J connectivity index is 2.90. The van der Waals surface area contributed by atoms with Crippen LogP contribution in [0, 0.1) is 11.8 Å². The van der Waals surface area contributed by atoms with Gasteiger partial charge in [0.15, 0.2) is 0 Å². The summed E-state index contributed by atoms with van der Waals surface area (Å²) < 4.78 is 0. The maximum atomic E-state index is 10.2. The molecule has 4 atom stereocenters. The van der Waals surface area contributed by atoms with Crippen LogP contribution in [0.25, 0.3) is 0 Å². The minimum atomic E-state index is -0.197. The number of hydrogen-bond donors (Lipinski definition) is 0. The van der Waals surface area contributed by atoms with Gasteiger partial charge in [-0.2, -0.15) is 9.98 Å². The maximum Gasteiger partial charge on any atom is 0.235 e. The minimum absolute atomic E-state index is 0.197. The highest BCUT2D eigenvalue weighted by Gasteiger charge is 2.35. The second kappa shape index (κ2) is 4.85. The van der Waals surface area contributed by atoms with Gasteiger partial charge in [0.25, 0.3) is 0 Å². The average Bonchev–Trinajstić information content (AvgIpc) is 2.17. The van der Waals surface area contributed by atoms with E-state index in [0.717, 1.165) is 12.8 Å². The van der Waals surface area contributed by atoms with Crippen LogP contribution < -0.4 is 0 Å².